The highest BCUT2D eigenvalue weighted by atomic mass is 16.5. The molecule has 0 spiro atoms. The fraction of sp³-hybridized carbons (Fsp3) is 0.706. The smallest absolute Gasteiger partial charge is 0.308 e. The summed E-state index contributed by atoms with van der Waals surface area (Å²) < 4.78 is 6.99. The molecule has 0 aromatic carbocycles. The van der Waals surface area contributed by atoms with E-state index in [1.807, 2.05) is 25.3 Å². The molecule has 0 fully saturated rings. The van der Waals surface area contributed by atoms with Gasteiger partial charge in [0.25, 0.3) is 5.56 Å². The highest BCUT2D eigenvalue weighted by Crippen LogP contribution is 2.13. The first-order valence-electron chi connectivity index (χ1n) is 8.26. The molecular weight excluding hydrogens is 280 g/mol. The number of hydrogen-bond acceptors (Lipinski definition) is 4. The zero-order valence-electron chi connectivity index (χ0n) is 13.9. The number of rotatable bonds is 6. The Bertz CT molecular complexity index is 590. The van der Waals surface area contributed by atoms with E-state index in [0.29, 0.717) is 13.0 Å². The van der Waals surface area contributed by atoms with Gasteiger partial charge in [-0.3, -0.25) is 14.2 Å². The second kappa shape index (κ2) is 7.56. The average molecular weight is 306 g/mol. The van der Waals surface area contributed by atoms with Crippen molar-refractivity contribution in [3.63, 3.8) is 0 Å². The van der Waals surface area contributed by atoms with E-state index in [-0.39, 0.29) is 17.4 Å². The molecular formula is C17H26N2O3. The third-order valence-electron chi connectivity index (χ3n) is 4.12. The number of unbranched alkanes of at least 4 members (excludes halogenated alkanes) is 1. The third-order valence-corrected chi connectivity index (χ3v) is 4.12. The van der Waals surface area contributed by atoms with Crippen LogP contribution in [0.1, 0.15) is 56.6 Å². The topological polar surface area (TPSA) is 61.2 Å². The lowest BCUT2D eigenvalue weighted by Gasteiger charge is -2.19. The molecule has 2 rings (SSSR count). The summed E-state index contributed by atoms with van der Waals surface area (Å²) in [5.74, 6) is 0.687. The van der Waals surface area contributed by atoms with Crippen LogP contribution in [0, 0.1) is 12.8 Å². The molecule has 0 N–H and O–H groups in total. The normalized spacial score (nSPS) is 14.0. The van der Waals surface area contributed by atoms with Gasteiger partial charge in [0, 0.05) is 24.2 Å². The molecule has 5 nitrogen and oxygen atoms in total. The quantitative estimate of drug-likeness (QED) is 0.598. The van der Waals surface area contributed by atoms with Crippen molar-refractivity contribution in [1.29, 1.82) is 0 Å². The molecule has 0 saturated carbocycles. The van der Waals surface area contributed by atoms with Gasteiger partial charge in [-0.05, 0) is 39.0 Å². The van der Waals surface area contributed by atoms with E-state index in [1.165, 1.54) is 0 Å². The van der Waals surface area contributed by atoms with Crippen LogP contribution in [-0.4, -0.2) is 22.1 Å². The van der Waals surface area contributed by atoms with Crippen LogP contribution in [0.4, 0.5) is 0 Å². The van der Waals surface area contributed by atoms with Gasteiger partial charge in [0.1, 0.15) is 5.82 Å². The van der Waals surface area contributed by atoms with Crippen molar-refractivity contribution in [2.75, 3.05) is 6.61 Å². The van der Waals surface area contributed by atoms with E-state index in [1.54, 1.807) is 0 Å². The second-order valence-corrected chi connectivity index (χ2v) is 6.29. The molecule has 0 unspecified atom stereocenters. The summed E-state index contributed by atoms with van der Waals surface area (Å²) >= 11 is 0. The molecule has 2 heterocycles. The molecule has 1 aliphatic rings. The summed E-state index contributed by atoms with van der Waals surface area (Å²) in [5, 5.41) is 0. The van der Waals surface area contributed by atoms with Crippen molar-refractivity contribution in [2.24, 2.45) is 5.92 Å². The minimum Gasteiger partial charge on any atom is -0.465 e. The van der Waals surface area contributed by atoms with Crippen molar-refractivity contribution < 1.29 is 9.53 Å². The SMILES string of the molecule is Cc1nc2n(c(=O)c1CCCCOC(=O)C(C)C)CCCC2. The highest BCUT2D eigenvalue weighted by Gasteiger charge is 2.16. The van der Waals surface area contributed by atoms with Crippen LogP contribution >= 0.6 is 0 Å². The summed E-state index contributed by atoms with van der Waals surface area (Å²) in [6.45, 7) is 6.79. The number of carbonyl (C=O) groups is 1. The van der Waals surface area contributed by atoms with Crippen LogP contribution < -0.4 is 5.56 Å². The van der Waals surface area contributed by atoms with Crippen molar-refractivity contribution in [2.45, 2.75) is 65.8 Å². The fourth-order valence-corrected chi connectivity index (χ4v) is 2.76. The lowest BCUT2D eigenvalue weighted by atomic mass is 10.1. The van der Waals surface area contributed by atoms with E-state index in [0.717, 1.165) is 55.7 Å². The van der Waals surface area contributed by atoms with E-state index >= 15 is 0 Å². The molecule has 0 aliphatic carbocycles. The molecule has 0 bridgehead atoms. The molecule has 5 heteroatoms. The Labute approximate surface area is 131 Å². The van der Waals surface area contributed by atoms with Gasteiger partial charge in [-0.1, -0.05) is 13.8 Å². The van der Waals surface area contributed by atoms with E-state index in [9.17, 15) is 9.59 Å². The van der Waals surface area contributed by atoms with Crippen LogP contribution in [-0.2, 0) is 28.9 Å². The Morgan fingerprint density at radius 3 is 2.82 bits per heavy atom. The van der Waals surface area contributed by atoms with Gasteiger partial charge in [0.05, 0.1) is 12.5 Å². The van der Waals surface area contributed by atoms with Gasteiger partial charge in [-0.25, -0.2) is 4.98 Å². The number of hydrogen-bond donors (Lipinski definition) is 0. The lowest BCUT2D eigenvalue weighted by molar-refractivity contribution is -0.147. The van der Waals surface area contributed by atoms with Crippen molar-refractivity contribution in [3.8, 4) is 0 Å². The number of aromatic nitrogens is 2. The first-order valence-corrected chi connectivity index (χ1v) is 8.26. The third kappa shape index (κ3) is 3.96. The fourth-order valence-electron chi connectivity index (χ4n) is 2.76. The van der Waals surface area contributed by atoms with Crippen LogP contribution in [0.25, 0.3) is 0 Å². The average Bonchev–Trinajstić information content (AvgIpc) is 2.49. The second-order valence-electron chi connectivity index (χ2n) is 6.29. The van der Waals surface area contributed by atoms with Gasteiger partial charge in [0.2, 0.25) is 0 Å². The highest BCUT2D eigenvalue weighted by molar-refractivity contribution is 5.71. The maximum Gasteiger partial charge on any atom is 0.308 e. The van der Waals surface area contributed by atoms with Crippen LogP contribution in [0.2, 0.25) is 0 Å². The van der Waals surface area contributed by atoms with Gasteiger partial charge >= 0.3 is 5.97 Å². The Morgan fingerprint density at radius 2 is 2.09 bits per heavy atom. The van der Waals surface area contributed by atoms with E-state index in [2.05, 4.69) is 4.98 Å². The standard InChI is InChI=1S/C17H26N2O3/c1-12(2)17(21)22-11-7-5-8-14-13(3)18-15-9-4-6-10-19(15)16(14)20/h12H,4-11H2,1-3H3. The van der Waals surface area contributed by atoms with Crippen molar-refractivity contribution in [3.05, 3.63) is 27.4 Å². The molecule has 1 aliphatic heterocycles. The zero-order chi connectivity index (χ0) is 16.1. The number of aryl methyl sites for hydroxylation is 2. The van der Waals surface area contributed by atoms with Gasteiger partial charge in [-0.2, -0.15) is 0 Å². The van der Waals surface area contributed by atoms with E-state index < -0.39 is 0 Å². The van der Waals surface area contributed by atoms with Gasteiger partial charge in [0.15, 0.2) is 0 Å². The molecule has 0 radical (unpaired) electrons. The number of nitrogens with zero attached hydrogens (tertiary/aromatic N) is 2. The van der Waals surface area contributed by atoms with Crippen molar-refractivity contribution in [1.82, 2.24) is 9.55 Å². The summed E-state index contributed by atoms with van der Waals surface area (Å²) in [4.78, 5) is 28.5. The molecule has 0 saturated heterocycles. The number of esters is 1. The Kier molecular flexibility index (Phi) is 5.75. The summed E-state index contributed by atoms with van der Waals surface area (Å²) in [6, 6.07) is 0. The maximum absolute atomic E-state index is 12.5. The van der Waals surface area contributed by atoms with E-state index in [4.69, 9.17) is 4.74 Å². The Balaban J connectivity index is 1.91. The summed E-state index contributed by atoms with van der Waals surface area (Å²) in [5.41, 5.74) is 1.81. The Morgan fingerprint density at radius 1 is 1.32 bits per heavy atom. The molecule has 0 atom stereocenters. The lowest BCUT2D eigenvalue weighted by Crippen LogP contribution is -2.32. The largest absolute Gasteiger partial charge is 0.465 e. The molecule has 122 valence electrons. The van der Waals surface area contributed by atoms with Gasteiger partial charge < -0.3 is 4.74 Å². The minimum atomic E-state index is -0.160. The predicted molar refractivity (Wildman–Crippen MR) is 84.9 cm³/mol. The first kappa shape index (κ1) is 16.7. The molecule has 22 heavy (non-hydrogen) atoms. The Hall–Kier alpha value is -1.65. The van der Waals surface area contributed by atoms with Crippen LogP contribution in [0.15, 0.2) is 4.79 Å². The molecule has 1 aromatic heterocycles. The summed E-state index contributed by atoms with van der Waals surface area (Å²) in [6.07, 6.45) is 5.40. The van der Waals surface area contributed by atoms with Crippen molar-refractivity contribution >= 4 is 5.97 Å². The number of ether oxygens (including phenoxy) is 1. The zero-order valence-corrected chi connectivity index (χ0v) is 13.9. The van der Waals surface area contributed by atoms with Gasteiger partial charge in [-0.15, -0.1) is 0 Å². The first-order chi connectivity index (χ1) is 10.5. The van der Waals surface area contributed by atoms with Crippen LogP contribution in [0.5, 0.6) is 0 Å². The van der Waals surface area contributed by atoms with Crippen LogP contribution in [0.3, 0.4) is 0 Å². The minimum absolute atomic E-state index is 0.0864. The summed E-state index contributed by atoms with van der Waals surface area (Å²) in [7, 11) is 0. The number of carbonyl (C=O) groups excluding carboxylic acids is 1. The molecule has 1 aromatic rings. The monoisotopic (exact) mass is 306 g/mol. The number of fused-ring (bicyclic) bond motifs is 1. The predicted octanol–water partition coefficient (Wildman–Crippen LogP) is 2.41. The molecule has 0 amide bonds. The maximum atomic E-state index is 12.5.